The van der Waals surface area contributed by atoms with Gasteiger partial charge in [-0.05, 0) is 61.6 Å². The third-order valence-corrected chi connectivity index (χ3v) is 6.53. The molecule has 2 aliphatic rings. The zero-order valence-electron chi connectivity index (χ0n) is 18.5. The van der Waals surface area contributed by atoms with Crippen LogP contribution < -0.4 is 5.32 Å². The van der Waals surface area contributed by atoms with Crippen LogP contribution in [0.5, 0.6) is 0 Å². The number of nitriles is 1. The number of nitrogens with one attached hydrogen (secondary N) is 1. The molecule has 0 radical (unpaired) electrons. The predicted octanol–water partition coefficient (Wildman–Crippen LogP) is 4.53. The molecule has 1 N–H and O–H groups in total. The van der Waals surface area contributed by atoms with Gasteiger partial charge in [-0.1, -0.05) is 0 Å². The van der Waals surface area contributed by atoms with E-state index in [0.717, 1.165) is 31.2 Å². The number of amides is 1. The number of hydrogen-bond acceptors (Lipinski definition) is 6. The number of aromatic nitrogens is 3. The van der Waals surface area contributed by atoms with Gasteiger partial charge in [0, 0.05) is 42.8 Å². The molecule has 1 aromatic carbocycles. The van der Waals surface area contributed by atoms with Gasteiger partial charge >= 0.3 is 6.18 Å². The number of nitrogens with zero attached hydrogens (tertiary/aromatic N) is 5. The third kappa shape index (κ3) is 4.67. The second-order valence-corrected chi connectivity index (χ2v) is 8.76. The zero-order valence-corrected chi connectivity index (χ0v) is 18.5. The molecule has 1 aliphatic heterocycles. The lowest BCUT2D eigenvalue weighted by molar-refractivity contribution is -0.137. The molecule has 2 aromatic heterocycles. The summed E-state index contributed by atoms with van der Waals surface area (Å²) in [5.41, 5.74) is 0.434. The molecule has 3 unspecified atom stereocenters. The van der Waals surface area contributed by atoms with E-state index in [-0.39, 0.29) is 30.4 Å². The molecule has 3 heterocycles. The van der Waals surface area contributed by atoms with Crippen LogP contribution in [0.15, 0.2) is 55.0 Å². The van der Waals surface area contributed by atoms with Crippen molar-refractivity contribution >= 4 is 11.7 Å². The number of hydrogen-bond donors (Lipinski definition) is 1. The van der Waals surface area contributed by atoms with E-state index < -0.39 is 11.7 Å². The smallest absolute Gasteiger partial charge is 0.368 e. The zero-order chi connectivity index (χ0) is 24.6. The van der Waals surface area contributed by atoms with Gasteiger partial charge in [0.25, 0.3) is 5.91 Å². The Labute approximate surface area is 199 Å². The molecule has 2 fully saturated rings. The number of alkyl halides is 3. The first kappa shape index (κ1) is 22.8. The number of likely N-dealkylation sites (tertiary alicyclic amines) is 1. The van der Waals surface area contributed by atoms with Gasteiger partial charge in [0.2, 0.25) is 0 Å². The fourth-order valence-electron chi connectivity index (χ4n) is 4.70. The molecule has 178 valence electrons. The van der Waals surface area contributed by atoms with Crippen molar-refractivity contribution in [3.05, 3.63) is 71.7 Å². The van der Waals surface area contributed by atoms with Gasteiger partial charge in [0.1, 0.15) is 5.82 Å². The van der Waals surface area contributed by atoms with Crippen LogP contribution in [0.4, 0.5) is 19.0 Å². The molecule has 0 bridgehead atoms. The Hall–Kier alpha value is -4.00. The third-order valence-electron chi connectivity index (χ3n) is 6.53. The monoisotopic (exact) mass is 478 g/mol. The molecule has 5 rings (SSSR count). The average Bonchev–Trinajstić information content (AvgIpc) is 3.66. The van der Waals surface area contributed by atoms with Crippen LogP contribution in [0, 0.1) is 17.2 Å². The molecule has 3 atom stereocenters. The van der Waals surface area contributed by atoms with Gasteiger partial charge in [0.05, 0.1) is 22.8 Å². The Balaban J connectivity index is 1.43. The first-order valence-corrected chi connectivity index (χ1v) is 11.3. The van der Waals surface area contributed by atoms with E-state index in [4.69, 9.17) is 0 Å². The van der Waals surface area contributed by atoms with Crippen molar-refractivity contribution in [2.45, 2.75) is 37.5 Å². The maximum absolute atomic E-state index is 13.9. The lowest BCUT2D eigenvalue weighted by Gasteiger charge is -2.36. The minimum Gasteiger partial charge on any atom is -0.368 e. The summed E-state index contributed by atoms with van der Waals surface area (Å²) >= 11 is 0. The van der Waals surface area contributed by atoms with Gasteiger partial charge in [-0.25, -0.2) is 15.0 Å². The van der Waals surface area contributed by atoms with Crippen molar-refractivity contribution in [2.75, 3.05) is 11.9 Å². The number of halogens is 3. The van der Waals surface area contributed by atoms with Crippen molar-refractivity contribution in [1.29, 1.82) is 5.26 Å². The first-order valence-electron chi connectivity index (χ1n) is 11.3. The topological polar surface area (TPSA) is 94.8 Å². The van der Waals surface area contributed by atoms with Crippen molar-refractivity contribution in [3.63, 3.8) is 0 Å². The van der Waals surface area contributed by atoms with Crippen molar-refractivity contribution < 1.29 is 18.0 Å². The highest BCUT2D eigenvalue weighted by Crippen LogP contribution is 2.46. The maximum Gasteiger partial charge on any atom is 0.416 e. The molecule has 1 amide bonds. The van der Waals surface area contributed by atoms with Gasteiger partial charge in [-0.3, -0.25) is 4.79 Å². The summed E-state index contributed by atoms with van der Waals surface area (Å²) in [5.74, 6) is 0.667. The molecular formula is C25H21F3N6O. The molecular weight excluding hydrogens is 457 g/mol. The lowest BCUT2D eigenvalue weighted by atomic mass is 9.97. The largest absolute Gasteiger partial charge is 0.416 e. The molecule has 1 saturated heterocycles. The van der Waals surface area contributed by atoms with Crippen LogP contribution in [-0.4, -0.2) is 44.4 Å². The molecule has 3 aromatic rings. The minimum absolute atomic E-state index is 0.0628. The van der Waals surface area contributed by atoms with Gasteiger partial charge in [-0.15, -0.1) is 0 Å². The summed E-state index contributed by atoms with van der Waals surface area (Å²) in [6, 6.07) is 10.3. The quantitative estimate of drug-likeness (QED) is 0.579. The Bertz CT molecular complexity index is 1290. The number of anilines is 1. The summed E-state index contributed by atoms with van der Waals surface area (Å²) in [7, 11) is 0. The molecule has 10 heteroatoms. The Morgan fingerprint density at radius 3 is 2.66 bits per heavy atom. The highest BCUT2D eigenvalue weighted by Gasteiger charge is 2.50. The van der Waals surface area contributed by atoms with E-state index in [2.05, 4.69) is 26.3 Å². The highest BCUT2D eigenvalue weighted by molar-refractivity contribution is 6.01. The second-order valence-electron chi connectivity index (χ2n) is 8.76. The molecule has 0 spiro atoms. The van der Waals surface area contributed by atoms with Crippen molar-refractivity contribution in [3.8, 4) is 17.5 Å². The van der Waals surface area contributed by atoms with Crippen LogP contribution in [0.2, 0.25) is 0 Å². The summed E-state index contributed by atoms with van der Waals surface area (Å²) in [4.78, 5) is 28.2. The lowest BCUT2D eigenvalue weighted by Crippen LogP contribution is -2.48. The van der Waals surface area contributed by atoms with Gasteiger partial charge < -0.3 is 10.2 Å². The van der Waals surface area contributed by atoms with Crippen molar-refractivity contribution in [2.24, 2.45) is 5.92 Å². The molecule has 7 nitrogen and oxygen atoms in total. The Morgan fingerprint density at radius 2 is 1.91 bits per heavy atom. The van der Waals surface area contributed by atoms with Crippen molar-refractivity contribution in [1.82, 2.24) is 19.9 Å². The summed E-state index contributed by atoms with van der Waals surface area (Å²) < 4.78 is 39.2. The fraction of sp³-hybridized carbons (Fsp3) is 0.320. The van der Waals surface area contributed by atoms with Crippen LogP contribution in [-0.2, 0) is 6.18 Å². The molecule has 35 heavy (non-hydrogen) atoms. The van der Waals surface area contributed by atoms with Crippen LogP contribution >= 0.6 is 0 Å². The highest BCUT2D eigenvalue weighted by atomic mass is 19.4. The van der Waals surface area contributed by atoms with Crippen LogP contribution in [0.25, 0.3) is 11.4 Å². The van der Waals surface area contributed by atoms with E-state index in [1.165, 1.54) is 0 Å². The number of fused-ring (bicyclic) bond motifs is 1. The molecule has 1 aliphatic carbocycles. The van der Waals surface area contributed by atoms with E-state index in [0.29, 0.717) is 34.9 Å². The normalized spacial score (nSPS) is 21.1. The van der Waals surface area contributed by atoms with Crippen LogP contribution in [0.3, 0.4) is 0 Å². The average molecular weight is 478 g/mol. The van der Waals surface area contributed by atoms with Crippen LogP contribution in [0.1, 0.15) is 40.7 Å². The van der Waals surface area contributed by atoms with E-state index >= 15 is 0 Å². The Kier molecular flexibility index (Phi) is 5.84. The number of benzene rings is 1. The summed E-state index contributed by atoms with van der Waals surface area (Å²) in [6.07, 6.45) is 2.38. The number of carbonyl (C=O) groups excluding carboxylic acids is 1. The predicted molar refractivity (Wildman–Crippen MR) is 121 cm³/mol. The molecule has 1 saturated carbocycles. The number of pyridine rings is 1. The van der Waals surface area contributed by atoms with E-state index in [1.54, 1.807) is 36.7 Å². The number of carbonyl (C=O) groups is 1. The maximum atomic E-state index is 13.9. The van der Waals surface area contributed by atoms with Gasteiger partial charge in [0.15, 0.2) is 5.82 Å². The fourth-order valence-corrected chi connectivity index (χ4v) is 4.70. The standard InChI is InChI=1S/C25H21F3N6O/c26-25(27,28)17-6-9-30-22(12-17)33-14-18-4-3-16-11-21(16)34(18)24(35)20-10-15(13-29)2-5-19(20)23-31-7-1-8-32-23/h1-2,5-10,12,16,18,21H,3-4,11,14H2,(H,30,33). The van der Waals surface area contributed by atoms with E-state index in [1.807, 2.05) is 4.90 Å². The van der Waals surface area contributed by atoms with Gasteiger partial charge in [-0.2, -0.15) is 18.4 Å². The van der Waals surface area contributed by atoms with E-state index in [9.17, 15) is 23.2 Å². The minimum atomic E-state index is -4.46. The summed E-state index contributed by atoms with van der Waals surface area (Å²) in [5, 5.41) is 12.4. The second kappa shape index (κ2) is 8.98. The number of piperidine rings is 1. The Morgan fingerprint density at radius 1 is 1.11 bits per heavy atom. The summed E-state index contributed by atoms with van der Waals surface area (Å²) in [6.45, 7) is 0.262. The first-order chi connectivity index (χ1) is 16.8. The number of rotatable bonds is 5. The SMILES string of the molecule is N#Cc1ccc(-c2ncccn2)c(C(=O)N2C(CNc3cc(C(F)(F)F)ccn3)CCC3CC32)c1.